The number of rotatable bonds is 4. The van der Waals surface area contributed by atoms with Crippen LogP contribution < -0.4 is 4.74 Å². The summed E-state index contributed by atoms with van der Waals surface area (Å²) in [6.45, 7) is 0.395. The van der Waals surface area contributed by atoms with Crippen LogP contribution in [0.3, 0.4) is 0 Å². The summed E-state index contributed by atoms with van der Waals surface area (Å²) in [7, 11) is 0. The van der Waals surface area contributed by atoms with E-state index < -0.39 is 0 Å². The number of nitriles is 1. The molecule has 0 saturated heterocycles. The van der Waals surface area contributed by atoms with E-state index in [1.54, 1.807) is 0 Å². The van der Waals surface area contributed by atoms with Crippen molar-refractivity contribution < 1.29 is 9.84 Å². The maximum Gasteiger partial charge on any atom is 0.251 e. The second kappa shape index (κ2) is 5.06. The minimum absolute atomic E-state index is 0.0577. The zero-order valence-corrected chi connectivity index (χ0v) is 6.97. The van der Waals surface area contributed by atoms with Gasteiger partial charge < -0.3 is 9.84 Å². The number of nitrogens with zero attached hydrogens (tertiary/aromatic N) is 3. The molecular weight excluding hydrogens is 170 g/mol. The molecule has 0 unspecified atom stereocenters. The Bertz CT molecular complexity index is 309. The van der Waals surface area contributed by atoms with E-state index in [1.807, 2.05) is 6.07 Å². The largest absolute Gasteiger partial charge is 0.476 e. The maximum atomic E-state index is 8.63. The molecule has 1 aromatic heterocycles. The fourth-order valence-corrected chi connectivity index (χ4v) is 0.744. The van der Waals surface area contributed by atoms with Gasteiger partial charge in [-0.05, 0) is 6.07 Å². The highest BCUT2D eigenvalue weighted by atomic mass is 16.5. The fourth-order valence-electron chi connectivity index (χ4n) is 0.744. The molecule has 1 N–H and O–H groups in total. The molecule has 0 saturated carbocycles. The van der Waals surface area contributed by atoms with Crippen LogP contribution in [0.4, 0.5) is 0 Å². The Morgan fingerprint density at radius 1 is 1.62 bits per heavy atom. The van der Waals surface area contributed by atoms with Crippen LogP contribution in [0, 0.1) is 11.3 Å². The molecule has 5 heteroatoms. The van der Waals surface area contributed by atoms with Gasteiger partial charge in [0.15, 0.2) is 0 Å². The first-order valence-corrected chi connectivity index (χ1v) is 3.84. The average Bonchev–Trinajstić information content (AvgIpc) is 2.19. The van der Waals surface area contributed by atoms with Crippen molar-refractivity contribution in [1.29, 1.82) is 5.26 Å². The fraction of sp³-hybridized carbons (Fsp3) is 0.375. The molecule has 0 radical (unpaired) electrons. The van der Waals surface area contributed by atoms with E-state index in [2.05, 4.69) is 10.2 Å². The number of hydrogen-bond acceptors (Lipinski definition) is 5. The zero-order chi connectivity index (χ0) is 9.52. The summed E-state index contributed by atoms with van der Waals surface area (Å²) >= 11 is 0. The standard InChI is InChI=1S/C8H9N3O2/c9-6-7-2-3-10-11-8(7)13-5-1-4-12/h2-3,12H,1,4-5H2. The van der Waals surface area contributed by atoms with Crippen molar-refractivity contribution in [3.63, 3.8) is 0 Å². The second-order valence-corrected chi connectivity index (χ2v) is 2.29. The molecule has 0 fully saturated rings. The minimum Gasteiger partial charge on any atom is -0.476 e. The predicted octanol–water partition coefficient (Wildman–Crippen LogP) is 0.109. The second-order valence-electron chi connectivity index (χ2n) is 2.29. The molecule has 0 aromatic carbocycles. The van der Waals surface area contributed by atoms with Gasteiger partial charge in [-0.3, -0.25) is 0 Å². The summed E-state index contributed by atoms with van der Waals surface area (Å²) in [5, 5.41) is 24.3. The van der Waals surface area contributed by atoms with Gasteiger partial charge >= 0.3 is 0 Å². The Morgan fingerprint density at radius 2 is 2.46 bits per heavy atom. The van der Waals surface area contributed by atoms with E-state index in [-0.39, 0.29) is 12.5 Å². The average molecular weight is 179 g/mol. The highest BCUT2D eigenvalue weighted by Gasteiger charge is 2.03. The normalized spacial score (nSPS) is 9.23. The summed E-state index contributed by atoms with van der Waals surface area (Å²) in [6, 6.07) is 3.46. The number of aromatic nitrogens is 2. The minimum atomic E-state index is 0.0577. The van der Waals surface area contributed by atoms with Gasteiger partial charge in [0, 0.05) is 13.0 Å². The molecule has 1 heterocycles. The van der Waals surface area contributed by atoms with Crippen molar-refractivity contribution in [3.05, 3.63) is 17.8 Å². The SMILES string of the molecule is N#Cc1ccnnc1OCCCO. The van der Waals surface area contributed by atoms with E-state index in [0.29, 0.717) is 18.6 Å². The number of aliphatic hydroxyl groups is 1. The van der Waals surface area contributed by atoms with Crippen LogP contribution in [0.25, 0.3) is 0 Å². The van der Waals surface area contributed by atoms with Crippen LogP contribution >= 0.6 is 0 Å². The molecule has 0 spiro atoms. The molecule has 0 atom stereocenters. The first kappa shape index (κ1) is 9.42. The Kier molecular flexibility index (Phi) is 3.67. The third-order valence-electron chi connectivity index (χ3n) is 1.35. The zero-order valence-electron chi connectivity index (χ0n) is 6.97. The molecule has 0 bridgehead atoms. The van der Waals surface area contributed by atoms with Crippen molar-refractivity contribution in [2.75, 3.05) is 13.2 Å². The summed E-state index contributed by atoms with van der Waals surface area (Å²) in [5.41, 5.74) is 0.355. The first-order chi connectivity index (χ1) is 6.38. The molecule has 68 valence electrons. The van der Waals surface area contributed by atoms with Gasteiger partial charge in [-0.2, -0.15) is 10.4 Å². The van der Waals surface area contributed by atoms with Crippen LogP contribution in [0.2, 0.25) is 0 Å². The lowest BCUT2D eigenvalue weighted by Crippen LogP contribution is -2.03. The van der Waals surface area contributed by atoms with Gasteiger partial charge in [0.1, 0.15) is 11.6 Å². The third kappa shape index (κ3) is 2.69. The van der Waals surface area contributed by atoms with Crippen molar-refractivity contribution in [3.8, 4) is 11.9 Å². The van der Waals surface area contributed by atoms with E-state index in [0.717, 1.165) is 0 Å². The van der Waals surface area contributed by atoms with E-state index in [9.17, 15) is 0 Å². The Balaban J connectivity index is 2.60. The lowest BCUT2D eigenvalue weighted by Gasteiger charge is -2.03. The summed E-state index contributed by atoms with van der Waals surface area (Å²) in [4.78, 5) is 0. The maximum absolute atomic E-state index is 8.63. The van der Waals surface area contributed by atoms with Gasteiger partial charge in [0.25, 0.3) is 5.88 Å². The number of ether oxygens (including phenoxy) is 1. The molecule has 1 aromatic rings. The van der Waals surface area contributed by atoms with Crippen molar-refractivity contribution in [2.24, 2.45) is 0 Å². The van der Waals surface area contributed by atoms with Crippen LogP contribution in [0.15, 0.2) is 12.3 Å². The molecule has 0 amide bonds. The highest BCUT2D eigenvalue weighted by molar-refractivity contribution is 5.35. The van der Waals surface area contributed by atoms with Crippen LogP contribution in [-0.4, -0.2) is 28.5 Å². The summed E-state index contributed by atoms with van der Waals surface area (Å²) < 4.78 is 5.11. The van der Waals surface area contributed by atoms with E-state index >= 15 is 0 Å². The van der Waals surface area contributed by atoms with Crippen molar-refractivity contribution in [1.82, 2.24) is 10.2 Å². The van der Waals surface area contributed by atoms with Crippen LogP contribution in [-0.2, 0) is 0 Å². The highest BCUT2D eigenvalue weighted by Crippen LogP contribution is 2.10. The molecule has 1 rings (SSSR count). The number of hydrogen-bond donors (Lipinski definition) is 1. The predicted molar refractivity (Wildman–Crippen MR) is 43.9 cm³/mol. The molecule has 0 aliphatic heterocycles. The van der Waals surface area contributed by atoms with E-state index in [1.165, 1.54) is 12.3 Å². The Morgan fingerprint density at radius 3 is 3.15 bits per heavy atom. The van der Waals surface area contributed by atoms with Crippen molar-refractivity contribution in [2.45, 2.75) is 6.42 Å². The summed E-state index contributed by atoms with van der Waals surface area (Å²) in [6.07, 6.45) is 1.94. The number of aliphatic hydroxyl groups excluding tert-OH is 1. The van der Waals surface area contributed by atoms with Gasteiger partial charge in [-0.1, -0.05) is 0 Å². The van der Waals surface area contributed by atoms with Crippen LogP contribution in [0.5, 0.6) is 5.88 Å². The molecule has 13 heavy (non-hydrogen) atoms. The third-order valence-corrected chi connectivity index (χ3v) is 1.35. The lowest BCUT2D eigenvalue weighted by molar-refractivity contribution is 0.227. The van der Waals surface area contributed by atoms with Gasteiger partial charge in [0.2, 0.25) is 0 Å². The van der Waals surface area contributed by atoms with E-state index in [4.69, 9.17) is 15.1 Å². The van der Waals surface area contributed by atoms with Crippen LogP contribution in [0.1, 0.15) is 12.0 Å². The molecule has 0 aliphatic carbocycles. The molecular formula is C8H9N3O2. The Hall–Kier alpha value is -1.67. The van der Waals surface area contributed by atoms with Gasteiger partial charge in [-0.15, -0.1) is 5.10 Å². The molecule has 5 nitrogen and oxygen atoms in total. The Labute approximate surface area is 75.6 Å². The van der Waals surface area contributed by atoms with Crippen molar-refractivity contribution >= 4 is 0 Å². The topological polar surface area (TPSA) is 79.0 Å². The smallest absolute Gasteiger partial charge is 0.251 e. The quantitative estimate of drug-likeness (QED) is 0.663. The first-order valence-electron chi connectivity index (χ1n) is 3.84. The van der Waals surface area contributed by atoms with Gasteiger partial charge in [0.05, 0.1) is 12.8 Å². The monoisotopic (exact) mass is 179 g/mol. The molecule has 0 aliphatic rings. The summed E-state index contributed by atoms with van der Waals surface area (Å²) in [5.74, 6) is 0.221. The lowest BCUT2D eigenvalue weighted by atomic mass is 10.3. The van der Waals surface area contributed by atoms with Gasteiger partial charge in [-0.25, -0.2) is 0 Å².